The van der Waals surface area contributed by atoms with Crippen molar-refractivity contribution in [2.45, 2.75) is 24.9 Å². The molecule has 9 heteroatoms. The standard InChI is InChI=1S/C18H25N5O4/c1-21-9-15(19)18(26)22(2)10-16(24)23-5-3-4-13(23)11-27-14-6-12(17(21)25)7-20-8-14/h6-8,13,15H,3-5,9-11,19H2,1-2H3/t13-,15-/m0/s1. The molecule has 27 heavy (non-hydrogen) atoms. The minimum atomic E-state index is -0.913. The molecule has 0 radical (unpaired) electrons. The van der Waals surface area contributed by atoms with Crippen molar-refractivity contribution >= 4 is 17.7 Å². The molecule has 1 fully saturated rings. The number of likely N-dealkylation sites (N-methyl/N-ethyl adjacent to an activating group) is 2. The van der Waals surface area contributed by atoms with Crippen molar-refractivity contribution in [2.75, 3.05) is 40.3 Å². The van der Waals surface area contributed by atoms with Gasteiger partial charge in [0.05, 0.1) is 24.3 Å². The van der Waals surface area contributed by atoms with Crippen molar-refractivity contribution in [1.82, 2.24) is 19.7 Å². The van der Waals surface area contributed by atoms with Crippen molar-refractivity contribution in [2.24, 2.45) is 5.73 Å². The maximum atomic E-state index is 12.6. The summed E-state index contributed by atoms with van der Waals surface area (Å²) in [5, 5.41) is 0. The molecule has 1 aromatic rings. The van der Waals surface area contributed by atoms with Crippen LogP contribution >= 0.6 is 0 Å². The summed E-state index contributed by atoms with van der Waals surface area (Å²) in [6.07, 6.45) is 4.71. The van der Waals surface area contributed by atoms with Gasteiger partial charge in [-0.3, -0.25) is 19.4 Å². The molecule has 146 valence electrons. The summed E-state index contributed by atoms with van der Waals surface area (Å²) in [6, 6.07) is 0.636. The number of nitrogens with two attached hydrogens (primary N) is 1. The predicted molar refractivity (Wildman–Crippen MR) is 97.0 cm³/mol. The summed E-state index contributed by atoms with van der Waals surface area (Å²) >= 11 is 0. The van der Waals surface area contributed by atoms with Crippen molar-refractivity contribution in [3.05, 3.63) is 24.0 Å². The Hall–Kier alpha value is -2.68. The molecule has 2 atom stereocenters. The highest BCUT2D eigenvalue weighted by Gasteiger charge is 2.32. The number of carbonyl (C=O) groups is 3. The van der Waals surface area contributed by atoms with E-state index in [1.54, 1.807) is 31.3 Å². The van der Waals surface area contributed by atoms with E-state index in [-0.39, 0.29) is 36.9 Å². The number of aromatic nitrogens is 1. The van der Waals surface area contributed by atoms with Crippen LogP contribution in [0.4, 0.5) is 0 Å². The Morgan fingerprint density at radius 3 is 2.74 bits per heavy atom. The highest BCUT2D eigenvalue weighted by atomic mass is 16.5. The highest BCUT2D eigenvalue weighted by Crippen LogP contribution is 2.20. The molecular weight excluding hydrogens is 350 g/mol. The molecule has 0 aliphatic carbocycles. The number of hydrogen-bond donors (Lipinski definition) is 1. The van der Waals surface area contributed by atoms with Crippen LogP contribution in [0.15, 0.2) is 18.5 Å². The molecule has 3 amide bonds. The molecular formula is C18H25N5O4. The van der Waals surface area contributed by atoms with Gasteiger partial charge in [0.25, 0.3) is 5.91 Å². The maximum absolute atomic E-state index is 12.6. The summed E-state index contributed by atoms with van der Waals surface area (Å²) < 4.78 is 5.81. The third kappa shape index (κ3) is 4.19. The van der Waals surface area contributed by atoms with Crippen molar-refractivity contribution in [3.8, 4) is 5.75 Å². The average molecular weight is 375 g/mol. The van der Waals surface area contributed by atoms with E-state index in [1.165, 1.54) is 16.0 Å². The molecule has 0 aromatic carbocycles. The lowest BCUT2D eigenvalue weighted by molar-refractivity contribution is -0.141. The second-order valence-electron chi connectivity index (χ2n) is 7.09. The second kappa shape index (κ2) is 7.91. The molecule has 2 aliphatic rings. The molecule has 9 nitrogen and oxygen atoms in total. The van der Waals surface area contributed by atoms with Gasteiger partial charge >= 0.3 is 0 Å². The fourth-order valence-electron chi connectivity index (χ4n) is 3.48. The molecule has 2 N–H and O–H groups in total. The van der Waals surface area contributed by atoms with Crippen LogP contribution in [0.2, 0.25) is 0 Å². The van der Waals surface area contributed by atoms with Crippen molar-refractivity contribution in [3.63, 3.8) is 0 Å². The Morgan fingerprint density at radius 2 is 1.96 bits per heavy atom. The molecule has 3 heterocycles. The minimum absolute atomic E-state index is 0.0353. The van der Waals surface area contributed by atoms with Gasteiger partial charge in [0.2, 0.25) is 11.8 Å². The number of nitrogens with zero attached hydrogens (tertiary/aromatic N) is 4. The van der Waals surface area contributed by atoms with Gasteiger partial charge in [0, 0.05) is 33.4 Å². The van der Waals surface area contributed by atoms with Crippen LogP contribution in [0.5, 0.6) is 5.75 Å². The van der Waals surface area contributed by atoms with E-state index in [9.17, 15) is 14.4 Å². The Morgan fingerprint density at radius 1 is 1.19 bits per heavy atom. The molecule has 2 aliphatic heterocycles. The highest BCUT2D eigenvalue weighted by molar-refractivity contribution is 5.95. The average Bonchev–Trinajstić information content (AvgIpc) is 3.13. The summed E-state index contributed by atoms with van der Waals surface area (Å²) in [5.74, 6) is -0.333. The van der Waals surface area contributed by atoms with Crippen molar-refractivity contribution in [1.29, 1.82) is 0 Å². The number of carbonyl (C=O) groups excluding carboxylic acids is 3. The fourth-order valence-corrected chi connectivity index (χ4v) is 3.48. The van der Waals surface area contributed by atoms with E-state index in [0.29, 0.717) is 24.5 Å². The van der Waals surface area contributed by atoms with E-state index < -0.39 is 6.04 Å². The monoisotopic (exact) mass is 375 g/mol. The summed E-state index contributed by atoms with van der Waals surface area (Å²) in [5.41, 5.74) is 6.34. The van der Waals surface area contributed by atoms with Gasteiger partial charge in [0.1, 0.15) is 18.4 Å². The smallest absolute Gasteiger partial charge is 0.255 e. The Labute approximate surface area is 158 Å². The lowest BCUT2D eigenvalue weighted by Gasteiger charge is -2.28. The van der Waals surface area contributed by atoms with Crippen LogP contribution in [0.1, 0.15) is 23.2 Å². The largest absolute Gasteiger partial charge is 0.490 e. The number of pyridine rings is 1. The van der Waals surface area contributed by atoms with Crippen LogP contribution in [-0.2, 0) is 9.59 Å². The minimum Gasteiger partial charge on any atom is -0.490 e. The topological polar surface area (TPSA) is 109 Å². The number of hydrogen-bond acceptors (Lipinski definition) is 6. The number of fused-ring (bicyclic) bond motifs is 3. The van der Waals surface area contributed by atoms with Gasteiger partial charge in [-0.2, -0.15) is 0 Å². The van der Waals surface area contributed by atoms with E-state index in [1.807, 2.05) is 0 Å². The quantitative estimate of drug-likeness (QED) is 0.644. The zero-order chi connectivity index (χ0) is 19.6. The SMILES string of the molecule is CN1C[C@H](N)C(=O)N(C)CC(=O)N2CCC[C@H]2COc2cncc(c2)C1=O. The summed E-state index contributed by atoms with van der Waals surface area (Å²) in [4.78, 5) is 46.3. The van der Waals surface area contributed by atoms with E-state index >= 15 is 0 Å². The third-order valence-electron chi connectivity index (χ3n) is 4.98. The predicted octanol–water partition coefficient (Wildman–Crippen LogP) is -0.677. The van der Waals surface area contributed by atoms with Gasteiger partial charge in [-0.05, 0) is 18.9 Å². The lowest BCUT2D eigenvalue weighted by atomic mass is 10.2. The van der Waals surface area contributed by atoms with Crippen LogP contribution in [-0.4, -0.2) is 89.8 Å². The van der Waals surface area contributed by atoms with E-state index in [4.69, 9.17) is 10.5 Å². The van der Waals surface area contributed by atoms with Crippen molar-refractivity contribution < 1.29 is 19.1 Å². The molecule has 0 spiro atoms. The normalized spacial score (nSPS) is 25.0. The first-order valence-corrected chi connectivity index (χ1v) is 9.00. The number of ether oxygens (including phenoxy) is 1. The van der Waals surface area contributed by atoms with Crippen LogP contribution < -0.4 is 10.5 Å². The van der Waals surface area contributed by atoms with Crippen LogP contribution in [0.3, 0.4) is 0 Å². The first kappa shape index (κ1) is 19.1. The Balaban J connectivity index is 1.89. The number of amides is 3. The number of rotatable bonds is 0. The second-order valence-corrected chi connectivity index (χ2v) is 7.09. The Kier molecular flexibility index (Phi) is 5.59. The lowest BCUT2D eigenvalue weighted by Crippen LogP contribution is -2.52. The van der Waals surface area contributed by atoms with Gasteiger partial charge < -0.3 is 25.2 Å². The van der Waals surface area contributed by atoms with Gasteiger partial charge in [-0.15, -0.1) is 0 Å². The van der Waals surface area contributed by atoms with E-state index in [0.717, 1.165) is 12.8 Å². The fraction of sp³-hybridized carbons (Fsp3) is 0.556. The van der Waals surface area contributed by atoms with Crippen LogP contribution in [0.25, 0.3) is 0 Å². The summed E-state index contributed by atoms with van der Waals surface area (Å²) in [6.45, 7) is 0.947. The van der Waals surface area contributed by atoms with Gasteiger partial charge in [-0.25, -0.2) is 0 Å². The zero-order valence-corrected chi connectivity index (χ0v) is 15.6. The molecule has 0 unspecified atom stereocenters. The Bertz CT molecular complexity index is 740. The molecule has 2 bridgehead atoms. The molecule has 0 saturated carbocycles. The molecule has 1 saturated heterocycles. The first-order valence-electron chi connectivity index (χ1n) is 9.00. The van der Waals surface area contributed by atoms with Gasteiger partial charge in [-0.1, -0.05) is 0 Å². The first-order chi connectivity index (χ1) is 12.9. The van der Waals surface area contributed by atoms with E-state index in [2.05, 4.69) is 4.98 Å². The van der Waals surface area contributed by atoms with Gasteiger partial charge in [0.15, 0.2) is 0 Å². The van der Waals surface area contributed by atoms with Crippen LogP contribution in [0, 0.1) is 0 Å². The zero-order valence-electron chi connectivity index (χ0n) is 15.6. The maximum Gasteiger partial charge on any atom is 0.255 e. The third-order valence-corrected chi connectivity index (χ3v) is 4.98. The summed E-state index contributed by atoms with van der Waals surface area (Å²) in [7, 11) is 3.12. The molecule has 1 aromatic heterocycles. The molecule has 3 rings (SSSR count).